The van der Waals surface area contributed by atoms with Gasteiger partial charge >= 0.3 is 0 Å². The lowest BCUT2D eigenvalue weighted by atomic mass is 9.96. The molecular weight excluding hydrogens is 182 g/mol. The molecule has 15 heavy (non-hydrogen) atoms. The Morgan fingerprint density at radius 1 is 1.07 bits per heavy atom. The second-order valence-corrected chi connectivity index (χ2v) is 5.01. The van der Waals surface area contributed by atoms with Crippen LogP contribution >= 0.6 is 0 Å². The molecule has 0 aromatic heterocycles. The maximum absolute atomic E-state index is 5.95. The highest BCUT2D eigenvalue weighted by molar-refractivity contribution is 5.22. The maximum atomic E-state index is 5.95. The Morgan fingerprint density at radius 2 is 1.60 bits per heavy atom. The third kappa shape index (κ3) is 4.98. The van der Waals surface area contributed by atoms with Gasteiger partial charge in [0, 0.05) is 5.54 Å². The summed E-state index contributed by atoms with van der Waals surface area (Å²) in [6.45, 7) is 6.37. The van der Waals surface area contributed by atoms with E-state index in [0.717, 1.165) is 19.3 Å². The molecule has 0 aliphatic rings. The van der Waals surface area contributed by atoms with Crippen molar-refractivity contribution in [3.63, 3.8) is 0 Å². The average molecular weight is 205 g/mol. The van der Waals surface area contributed by atoms with Crippen molar-refractivity contribution < 1.29 is 0 Å². The van der Waals surface area contributed by atoms with Crippen LogP contribution in [0.25, 0.3) is 0 Å². The molecule has 0 saturated heterocycles. The molecule has 0 aliphatic heterocycles. The molecule has 0 radical (unpaired) electrons. The Labute approximate surface area is 93.7 Å². The first-order chi connectivity index (χ1) is 7.01. The van der Waals surface area contributed by atoms with E-state index in [1.54, 1.807) is 0 Å². The van der Waals surface area contributed by atoms with Crippen molar-refractivity contribution in [2.45, 2.75) is 52.0 Å². The van der Waals surface area contributed by atoms with Crippen LogP contribution in [0.5, 0.6) is 0 Å². The summed E-state index contributed by atoms with van der Waals surface area (Å²) in [6, 6.07) is 8.93. The fourth-order valence-electron chi connectivity index (χ4n) is 1.69. The van der Waals surface area contributed by atoms with E-state index in [2.05, 4.69) is 45.0 Å². The van der Waals surface area contributed by atoms with Gasteiger partial charge in [-0.05, 0) is 50.7 Å². The van der Waals surface area contributed by atoms with E-state index < -0.39 is 0 Å². The fraction of sp³-hybridized carbons (Fsp3) is 0.571. The van der Waals surface area contributed by atoms with Crippen molar-refractivity contribution in [3.05, 3.63) is 35.4 Å². The monoisotopic (exact) mass is 205 g/mol. The predicted octanol–water partition coefficient (Wildman–Crippen LogP) is 3.31. The normalized spacial score (nSPS) is 11.7. The molecular formula is C14H23N. The van der Waals surface area contributed by atoms with Crippen LogP contribution in [0.4, 0.5) is 0 Å². The highest BCUT2D eigenvalue weighted by Gasteiger charge is 2.09. The number of aryl methyl sites for hydroxylation is 2. The van der Waals surface area contributed by atoms with Gasteiger partial charge in [-0.25, -0.2) is 0 Å². The molecule has 84 valence electrons. The van der Waals surface area contributed by atoms with Crippen LogP contribution in [0.3, 0.4) is 0 Å². The van der Waals surface area contributed by atoms with E-state index in [9.17, 15) is 0 Å². The molecule has 0 atom stereocenters. The lowest BCUT2D eigenvalue weighted by Gasteiger charge is -2.17. The van der Waals surface area contributed by atoms with Crippen molar-refractivity contribution >= 4 is 0 Å². The molecule has 0 unspecified atom stereocenters. The number of hydrogen-bond acceptors (Lipinski definition) is 1. The van der Waals surface area contributed by atoms with Crippen molar-refractivity contribution in [2.24, 2.45) is 5.73 Å². The minimum atomic E-state index is -0.0244. The van der Waals surface area contributed by atoms with Crippen molar-refractivity contribution in [1.82, 2.24) is 0 Å². The van der Waals surface area contributed by atoms with Gasteiger partial charge in [0.25, 0.3) is 0 Å². The zero-order valence-corrected chi connectivity index (χ0v) is 10.2. The topological polar surface area (TPSA) is 26.0 Å². The Hall–Kier alpha value is -0.820. The summed E-state index contributed by atoms with van der Waals surface area (Å²) in [4.78, 5) is 0. The van der Waals surface area contributed by atoms with Crippen LogP contribution in [0.2, 0.25) is 0 Å². The first-order valence-electron chi connectivity index (χ1n) is 5.88. The van der Waals surface area contributed by atoms with Gasteiger partial charge in [0.1, 0.15) is 0 Å². The summed E-state index contributed by atoms with van der Waals surface area (Å²) in [7, 11) is 0. The molecule has 0 amide bonds. The Balaban J connectivity index is 2.38. The molecule has 0 aliphatic carbocycles. The van der Waals surface area contributed by atoms with E-state index in [1.807, 2.05) is 0 Å². The van der Waals surface area contributed by atoms with E-state index in [0.29, 0.717) is 0 Å². The van der Waals surface area contributed by atoms with E-state index in [4.69, 9.17) is 5.73 Å². The molecule has 1 heteroatoms. The second kappa shape index (κ2) is 5.32. The summed E-state index contributed by atoms with van der Waals surface area (Å²) < 4.78 is 0. The molecule has 1 nitrogen and oxygen atoms in total. The van der Waals surface area contributed by atoms with Crippen LogP contribution in [0.15, 0.2) is 24.3 Å². The van der Waals surface area contributed by atoms with Crippen LogP contribution in [-0.2, 0) is 12.8 Å². The summed E-state index contributed by atoms with van der Waals surface area (Å²) in [5.74, 6) is 0. The molecule has 0 fully saturated rings. The smallest absolute Gasteiger partial charge is 0.00971 e. The van der Waals surface area contributed by atoms with Gasteiger partial charge in [0.15, 0.2) is 0 Å². The summed E-state index contributed by atoms with van der Waals surface area (Å²) in [5, 5.41) is 0. The van der Waals surface area contributed by atoms with Gasteiger partial charge in [-0.15, -0.1) is 0 Å². The average Bonchev–Trinajstić information content (AvgIpc) is 2.17. The number of benzene rings is 1. The largest absolute Gasteiger partial charge is 0.326 e. The predicted molar refractivity (Wildman–Crippen MR) is 67.0 cm³/mol. The summed E-state index contributed by atoms with van der Waals surface area (Å²) in [5.41, 5.74) is 8.76. The fourth-order valence-corrected chi connectivity index (χ4v) is 1.69. The first kappa shape index (κ1) is 12.3. The van der Waals surface area contributed by atoms with Gasteiger partial charge in [-0.1, -0.05) is 31.2 Å². The molecule has 0 saturated carbocycles. The zero-order valence-electron chi connectivity index (χ0n) is 10.2. The molecule has 1 rings (SSSR count). The lowest BCUT2D eigenvalue weighted by molar-refractivity contribution is 0.459. The van der Waals surface area contributed by atoms with E-state index in [1.165, 1.54) is 17.5 Å². The number of nitrogens with two attached hydrogens (primary N) is 1. The van der Waals surface area contributed by atoms with E-state index in [-0.39, 0.29) is 5.54 Å². The van der Waals surface area contributed by atoms with Crippen molar-refractivity contribution in [2.75, 3.05) is 0 Å². The highest BCUT2D eigenvalue weighted by Crippen LogP contribution is 2.12. The Kier molecular flexibility index (Phi) is 4.34. The van der Waals surface area contributed by atoms with Crippen LogP contribution in [-0.4, -0.2) is 5.54 Å². The van der Waals surface area contributed by atoms with Crippen LogP contribution < -0.4 is 5.73 Å². The van der Waals surface area contributed by atoms with Crippen LogP contribution in [0, 0.1) is 0 Å². The van der Waals surface area contributed by atoms with Crippen LogP contribution in [0.1, 0.15) is 44.7 Å². The third-order valence-electron chi connectivity index (χ3n) is 2.72. The summed E-state index contributed by atoms with van der Waals surface area (Å²) >= 11 is 0. The molecule has 1 aromatic rings. The minimum absolute atomic E-state index is 0.0244. The third-order valence-corrected chi connectivity index (χ3v) is 2.72. The summed E-state index contributed by atoms with van der Waals surface area (Å²) in [6.07, 6.45) is 4.53. The van der Waals surface area contributed by atoms with Crippen molar-refractivity contribution in [1.29, 1.82) is 0 Å². The zero-order chi connectivity index (χ0) is 11.3. The van der Waals surface area contributed by atoms with Gasteiger partial charge in [-0.3, -0.25) is 0 Å². The molecule has 0 bridgehead atoms. The maximum Gasteiger partial charge on any atom is 0.00971 e. The van der Waals surface area contributed by atoms with Gasteiger partial charge in [0.2, 0.25) is 0 Å². The van der Waals surface area contributed by atoms with Gasteiger partial charge < -0.3 is 5.73 Å². The van der Waals surface area contributed by atoms with Gasteiger partial charge in [0.05, 0.1) is 0 Å². The Bertz CT molecular complexity index is 279. The SMILES string of the molecule is CCc1ccc(CCCC(C)(C)N)cc1. The quantitative estimate of drug-likeness (QED) is 0.784. The molecule has 0 spiro atoms. The standard InChI is InChI=1S/C14H23N/c1-4-12-7-9-13(10-8-12)6-5-11-14(2,3)15/h7-10H,4-6,11,15H2,1-3H3. The molecule has 2 N–H and O–H groups in total. The lowest BCUT2D eigenvalue weighted by Crippen LogP contribution is -2.31. The van der Waals surface area contributed by atoms with E-state index >= 15 is 0 Å². The molecule has 0 heterocycles. The highest BCUT2D eigenvalue weighted by atomic mass is 14.7. The molecule has 1 aromatic carbocycles. The van der Waals surface area contributed by atoms with Crippen molar-refractivity contribution in [3.8, 4) is 0 Å². The minimum Gasteiger partial charge on any atom is -0.326 e. The second-order valence-electron chi connectivity index (χ2n) is 5.01. The number of hydrogen-bond donors (Lipinski definition) is 1. The first-order valence-corrected chi connectivity index (χ1v) is 5.88. The number of rotatable bonds is 5. The Morgan fingerprint density at radius 3 is 2.07 bits per heavy atom. The van der Waals surface area contributed by atoms with Gasteiger partial charge in [-0.2, -0.15) is 0 Å².